The molecule has 1 amide bonds. The van der Waals surface area contributed by atoms with Crippen molar-refractivity contribution in [2.75, 3.05) is 37.9 Å². The molecule has 7 heteroatoms. The van der Waals surface area contributed by atoms with Crippen molar-refractivity contribution >= 4 is 17.6 Å². The average molecular weight is 347 g/mol. The summed E-state index contributed by atoms with van der Waals surface area (Å²) in [5.41, 5.74) is 0.712. The molecule has 25 heavy (non-hydrogen) atoms. The smallest absolute Gasteiger partial charge is 0.311 e. The fourth-order valence-electron chi connectivity index (χ4n) is 3.38. The number of anilines is 1. The lowest BCUT2D eigenvalue weighted by Crippen LogP contribution is -2.28. The molecule has 0 radical (unpaired) electrons. The molecular weight excluding hydrogens is 326 g/mol. The molecule has 0 spiro atoms. The number of benzene rings is 1. The number of fused-ring (bicyclic) bond motifs is 1. The van der Waals surface area contributed by atoms with Crippen molar-refractivity contribution in [3.8, 4) is 11.5 Å². The average Bonchev–Trinajstić information content (AvgIpc) is 3.29. The highest BCUT2D eigenvalue weighted by Crippen LogP contribution is 2.36. The van der Waals surface area contributed by atoms with Gasteiger partial charge in [0.1, 0.15) is 19.8 Å². The van der Waals surface area contributed by atoms with E-state index in [1.807, 2.05) is 6.07 Å². The minimum atomic E-state index is -0.442. The van der Waals surface area contributed by atoms with Gasteiger partial charge < -0.3 is 23.8 Å². The van der Waals surface area contributed by atoms with Crippen molar-refractivity contribution in [1.82, 2.24) is 0 Å². The summed E-state index contributed by atoms with van der Waals surface area (Å²) in [6.45, 7) is 2.33. The molecule has 2 saturated heterocycles. The number of amides is 1. The van der Waals surface area contributed by atoms with Crippen LogP contribution in [-0.2, 0) is 19.1 Å². The highest BCUT2D eigenvalue weighted by molar-refractivity contribution is 5.99. The molecule has 2 fully saturated rings. The Morgan fingerprint density at radius 3 is 2.84 bits per heavy atom. The van der Waals surface area contributed by atoms with E-state index in [0.29, 0.717) is 36.9 Å². The van der Waals surface area contributed by atoms with E-state index in [-0.39, 0.29) is 31.0 Å². The highest BCUT2D eigenvalue weighted by atomic mass is 16.6. The first kappa shape index (κ1) is 16.2. The van der Waals surface area contributed by atoms with Crippen LogP contribution in [0.25, 0.3) is 0 Å². The molecule has 3 aliphatic rings. The van der Waals surface area contributed by atoms with Crippen LogP contribution in [0.2, 0.25) is 0 Å². The van der Waals surface area contributed by atoms with E-state index < -0.39 is 5.92 Å². The van der Waals surface area contributed by atoms with Gasteiger partial charge in [0.25, 0.3) is 0 Å². The van der Waals surface area contributed by atoms with Crippen molar-refractivity contribution in [2.24, 2.45) is 5.92 Å². The molecule has 1 aromatic carbocycles. The Morgan fingerprint density at radius 2 is 2.04 bits per heavy atom. The van der Waals surface area contributed by atoms with Gasteiger partial charge in [0.05, 0.1) is 12.0 Å². The normalized spacial score (nSPS) is 25.3. The van der Waals surface area contributed by atoms with Crippen molar-refractivity contribution < 1.29 is 28.5 Å². The van der Waals surface area contributed by atoms with Crippen LogP contribution < -0.4 is 14.4 Å². The zero-order valence-electron chi connectivity index (χ0n) is 13.9. The summed E-state index contributed by atoms with van der Waals surface area (Å²) < 4.78 is 21.8. The zero-order valence-corrected chi connectivity index (χ0v) is 13.9. The third-order valence-corrected chi connectivity index (χ3v) is 4.73. The number of carbonyl (C=O) groups excluding carboxylic acids is 2. The predicted octanol–water partition coefficient (Wildman–Crippen LogP) is 1.53. The van der Waals surface area contributed by atoms with E-state index in [2.05, 4.69) is 0 Å². The first-order chi connectivity index (χ1) is 12.2. The lowest BCUT2D eigenvalue weighted by molar-refractivity contribution is -0.151. The number of carbonyl (C=O) groups is 2. The lowest BCUT2D eigenvalue weighted by Gasteiger charge is -2.22. The van der Waals surface area contributed by atoms with Gasteiger partial charge in [-0.05, 0) is 25.0 Å². The van der Waals surface area contributed by atoms with E-state index in [4.69, 9.17) is 18.9 Å². The molecule has 0 N–H and O–H groups in total. The van der Waals surface area contributed by atoms with Gasteiger partial charge in [0.2, 0.25) is 5.91 Å². The number of esters is 1. The largest absolute Gasteiger partial charge is 0.486 e. The number of nitrogens with zero attached hydrogens (tertiary/aromatic N) is 1. The van der Waals surface area contributed by atoms with E-state index in [1.165, 1.54) is 0 Å². The van der Waals surface area contributed by atoms with Crippen molar-refractivity contribution in [3.05, 3.63) is 18.2 Å². The monoisotopic (exact) mass is 347 g/mol. The molecule has 3 aliphatic heterocycles. The molecule has 0 saturated carbocycles. The molecule has 4 rings (SSSR count). The summed E-state index contributed by atoms with van der Waals surface area (Å²) in [7, 11) is 0. The fraction of sp³-hybridized carbons (Fsp3) is 0.556. The van der Waals surface area contributed by atoms with Crippen LogP contribution in [-0.4, -0.2) is 51.0 Å². The van der Waals surface area contributed by atoms with Crippen LogP contribution in [0.1, 0.15) is 19.3 Å². The summed E-state index contributed by atoms with van der Waals surface area (Å²) >= 11 is 0. The molecule has 3 heterocycles. The highest BCUT2D eigenvalue weighted by Gasteiger charge is 2.37. The maximum atomic E-state index is 12.3. The molecule has 0 bridgehead atoms. The van der Waals surface area contributed by atoms with Gasteiger partial charge in [0.15, 0.2) is 11.5 Å². The SMILES string of the molecule is O=C(OCC1CCCO1)C1CC(=O)N(c2ccc3c(c2)OCCO3)C1. The van der Waals surface area contributed by atoms with Crippen molar-refractivity contribution in [2.45, 2.75) is 25.4 Å². The lowest BCUT2D eigenvalue weighted by atomic mass is 10.1. The molecular formula is C18H21NO6. The topological polar surface area (TPSA) is 74.3 Å². The van der Waals surface area contributed by atoms with Gasteiger partial charge in [-0.2, -0.15) is 0 Å². The number of ether oxygens (including phenoxy) is 4. The minimum Gasteiger partial charge on any atom is -0.486 e. The Bertz CT molecular complexity index is 670. The zero-order chi connectivity index (χ0) is 17.2. The first-order valence-corrected chi connectivity index (χ1v) is 8.69. The van der Waals surface area contributed by atoms with Gasteiger partial charge in [0, 0.05) is 31.3 Å². The predicted molar refractivity (Wildman–Crippen MR) is 87.8 cm³/mol. The summed E-state index contributed by atoms with van der Waals surface area (Å²) in [5, 5.41) is 0. The van der Waals surface area contributed by atoms with Gasteiger partial charge in [-0.15, -0.1) is 0 Å². The second-order valence-electron chi connectivity index (χ2n) is 6.50. The molecule has 1 aromatic rings. The Balaban J connectivity index is 1.39. The number of hydrogen-bond acceptors (Lipinski definition) is 6. The van der Waals surface area contributed by atoms with E-state index in [0.717, 1.165) is 19.4 Å². The van der Waals surface area contributed by atoms with Crippen LogP contribution in [0.4, 0.5) is 5.69 Å². The summed E-state index contributed by atoms with van der Waals surface area (Å²) in [6.07, 6.45) is 2.08. The van der Waals surface area contributed by atoms with E-state index in [1.54, 1.807) is 17.0 Å². The van der Waals surface area contributed by atoms with Crippen LogP contribution in [0.3, 0.4) is 0 Å². The van der Waals surface area contributed by atoms with Crippen LogP contribution in [0.15, 0.2) is 18.2 Å². The number of hydrogen-bond donors (Lipinski definition) is 0. The van der Waals surface area contributed by atoms with E-state index >= 15 is 0 Å². The molecule has 2 unspecified atom stereocenters. The first-order valence-electron chi connectivity index (χ1n) is 8.69. The molecule has 134 valence electrons. The molecule has 7 nitrogen and oxygen atoms in total. The maximum absolute atomic E-state index is 12.3. The third kappa shape index (κ3) is 3.42. The quantitative estimate of drug-likeness (QED) is 0.769. The van der Waals surface area contributed by atoms with Crippen LogP contribution in [0, 0.1) is 5.92 Å². The van der Waals surface area contributed by atoms with Gasteiger partial charge in [-0.25, -0.2) is 0 Å². The van der Waals surface area contributed by atoms with Crippen molar-refractivity contribution in [1.29, 1.82) is 0 Å². The van der Waals surface area contributed by atoms with Crippen molar-refractivity contribution in [3.63, 3.8) is 0 Å². The molecule has 2 atom stereocenters. The summed E-state index contributed by atoms with van der Waals surface area (Å²) in [4.78, 5) is 26.2. The second kappa shape index (κ2) is 6.92. The van der Waals surface area contributed by atoms with Gasteiger partial charge in [-0.1, -0.05) is 0 Å². The van der Waals surface area contributed by atoms with Gasteiger partial charge >= 0.3 is 5.97 Å². The second-order valence-corrected chi connectivity index (χ2v) is 6.50. The molecule has 0 aliphatic carbocycles. The Hall–Kier alpha value is -2.28. The summed E-state index contributed by atoms with van der Waals surface area (Å²) in [5.74, 6) is 0.442. The van der Waals surface area contributed by atoms with Crippen LogP contribution >= 0.6 is 0 Å². The van der Waals surface area contributed by atoms with Crippen LogP contribution in [0.5, 0.6) is 11.5 Å². The maximum Gasteiger partial charge on any atom is 0.311 e. The Morgan fingerprint density at radius 1 is 1.20 bits per heavy atom. The van der Waals surface area contributed by atoms with Gasteiger partial charge in [-0.3, -0.25) is 9.59 Å². The fourth-order valence-corrected chi connectivity index (χ4v) is 3.38. The number of rotatable bonds is 4. The Labute approximate surface area is 145 Å². The Kier molecular flexibility index (Phi) is 4.48. The third-order valence-electron chi connectivity index (χ3n) is 4.73. The minimum absolute atomic E-state index is 0.00467. The molecule has 0 aromatic heterocycles. The summed E-state index contributed by atoms with van der Waals surface area (Å²) in [6, 6.07) is 5.39. The van der Waals surface area contributed by atoms with E-state index in [9.17, 15) is 9.59 Å². The standard InChI is InChI=1S/C18H21NO6/c20-17-8-12(18(21)25-11-14-2-1-5-22-14)10-19(17)13-3-4-15-16(9-13)24-7-6-23-15/h3-4,9,12,14H,1-2,5-8,10-11H2.